The first-order chi connectivity index (χ1) is 13.7. The molecule has 2 aliphatic rings. The monoisotopic (exact) mass is 420 g/mol. The maximum absolute atomic E-state index is 14.7. The number of amidine groups is 1. The van der Waals surface area contributed by atoms with Crippen LogP contribution in [0.4, 0.5) is 14.5 Å². The third kappa shape index (κ3) is 3.64. The average Bonchev–Trinajstić information content (AvgIpc) is 2.61. The molecule has 1 aliphatic carbocycles. The van der Waals surface area contributed by atoms with Gasteiger partial charge in [-0.2, -0.15) is 0 Å². The number of aliphatic imine (C=N–C) groups is 1. The number of nitrogens with zero attached hydrogens (tertiary/aromatic N) is 2. The Kier molecular flexibility index (Phi) is 4.69. The molecule has 1 saturated carbocycles. The second-order valence-corrected chi connectivity index (χ2v) is 8.11. The van der Waals surface area contributed by atoms with E-state index in [-0.39, 0.29) is 22.3 Å². The van der Waals surface area contributed by atoms with Crippen LogP contribution in [0.1, 0.15) is 48.7 Å². The zero-order valence-electron chi connectivity index (χ0n) is 15.6. The standard InChI is InChI=1S/C20H19ClF2N4O2/c1-19(10-20(5-2-6-20)29-18(24)27-19)13-8-12(3-4-14(13)22)26-17(28)16-15(23)7-11(21)9-25-16/h3-4,7-9H,2,5-6,10H2,1H3,(H2,24,27)(H,26,28). The van der Waals surface area contributed by atoms with E-state index in [0.717, 1.165) is 25.3 Å². The molecular formula is C20H19ClF2N4O2. The fourth-order valence-electron chi connectivity index (χ4n) is 3.98. The van der Waals surface area contributed by atoms with E-state index in [2.05, 4.69) is 15.3 Å². The minimum atomic E-state index is -0.947. The normalized spacial score (nSPS) is 22.4. The quantitative estimate of drug-likeness (QED) is 0.780. The van der Waals surface area contributed by atoms with Crippen LogP contribution >= 0.6 is 11.6 Å². The van der Waals surface area contributed by atoms with Crippen LogP contribution in [-0.2, 0) is 10.3 Å². The Balaban J connectivity index is 1.64. The second kappa shape index (κ2) is 6.95. The Morgan fingerprint density at radius 1 is 1.28 bits per heavy atom. The smallest absolute Gasteiger partial charge is 0.283 e. The lowest BCUT2D eigenvalue weighted by Crippen LogP contribution is -2.52. The van der Waals surface area contributed by atoms with E-state index in [1.54, 1.807) is 6.92 Å². The summed E-state index contributed by atoms with van der Waals surface area (Å²) in [6, 6.07) is 5.13. The van der Waals surface area contributed by atoms with Gasteiger partial charge in [0.25, 0.3) is 11.9 Å². The first kappa shape index (κ1) is 19.6. The number of nitrogens with two attached hydrogens (primary N) is 1. The highest BCUT2D eigenvalue weighted by Crippen LogP contribution is 2.49. The zero-order chi connectivity index (χ0) is 20.8. The molecule has 1 aromatic carbocycles. The third-order valence-corrected chi connectivity index (χ3v) is 5.64. The van der Waals surface area contributed by atoms with Crippen molar-refractivity contribution in [2.45, 2.75) is 43.7 Å². The van der Waals surface area contributed by atoms with E-state index in [1.807, 2.05) is 0 Å². The molecule has 1 unspecified atom stereocenters. The highest BCUT2D eigenvalue weighted by molar-refractivity contribution is 6.30. The van der Waals surface area contributed by atoms with Gasteiger partial charge in [0.05, 0.1) is 10.6 Å². The molecule has 1 amide bonds. The second-order valence-electron chi connectivity index (χ2n) is 7.67. The van der Waals surface area contributed by atoms with Gasteiger partial charge in [0, 0.05) is 23.9 Å². The van der Waals surface area contributed by atoms with E-state index in [4.69, 9.17) is 22.1 Å². The number of ether oxygens (including phenoxy) is 1. The number of hydrogen-bond donors (Lipinski definition) is 2. The molecule has 1 atom stereocenters. The summed E-state index contributed by atoms with van der Waals surface area (Å²) >= 11 is 5.66. The van der Waals surface area contributed by atoms with Crippen LogP contribution < -0.4 is 11.1 Å². The summed E-state index contributed by atoms with van der Waals surface area (Å²) in [5.74, 6) is -2.10. The van der Waals surface area contributed by atoms with Crippen LogP contribution in [0.5, 0.6) is 0 Å². The molecular weight excluding hydrogens is 402 g/mol. The van der Waals surface area contributed by atoms with E-state index in [1.165, 1.54) is 24.4 Å². The van der Waals surface area contributed by atoms with Crippen molar-refractivity contribution >= 4 is 29.2 Å². The third-order valence-electron chi connectivity index (χ3n) is 5.44. The topological polar surface area (TPSA) is 89.6 Å². The maximum Gasteiger partial charge on any atom is 0.283 e. The number of anilines is 1. The molecule has 0 saturated heterocycles. The van der Waals surface area contributed by atoms with Crippen LogP contribution in [0.15, 0.2) is 35.5 Å². The van der Waals surface area contributed by atoms with E-state index in [0.29, 0.717) is 6.42 Å². The number of carbonyl (C=O) groups is 1. The molecule has 152 valence electrons. The Bertz CT molecular complexity index is 1030. The summed E-state index contributed by atoms with van der Waals surface area (Å²) in [7, 11) is 0. The van der Waals surface area contributed by atoms with Gasteiger partial charge in [-0.3, -0.25) is 4.79 Å². The number of amides is 1. The van der Waals surface area contributed by atoms with Crippen molar-refractivity contribution in [1.82, 2.24) is 4.98 Å². The summed E-state index contributed by atoms with van der Waals surface area (Å²) < 4.78 is 34.4. The molecule has 1 fully saturated rings. The van der Waals surface area contributed by atoms with Crippen LogP contribution in [0.2, 0.25) is 5.02 Å². The number of benzene rings is 1. The minimum Gasteiger partial charge on any atom is -0.459 e. The van der Waals surface area contributed by atoms with Gasteiger partial charge < -0.3 is 15.8 Å². The molecule has 6 nitrogen and oxygen atoms in total. The van der Waals surface area contributed by atoms with Gasteiger partial charge in [-0.25, -0.2) is 18.8 Å². The molecule has 29 heavy (non-hydrogen) atoms. The molecule has 9 heteroatoms. The molecule has 2 heterocycles. The van der Waals surface area contributed by atoms with E-state index < -0.39 is 34.4 Å². The lowest BCUT2D eigenvalue weighted by molar-refractivity contribution is -0.0583. The largest absolute Gasteiger partial charge is 0.459 e. The Labute approximate surface area is 171 Å². The number of hydrogen-bond acceptors (Lipinski definition) is 5. The summed E-state index contributed by atoms with van der Waals surface area (Å²) in [5.41, 5.74) is 4.66. The van der Waals surface area contributed by atoms with Crippen molar-refractivity contribution in [3.05, 3.63) is 58.4 Å². The molecule has 2 aromatic rings. The first-order valence-corrected chi connectivity index (χ1v) is 9.54. The molecule has 0 bridgehead atoms. The summed E-state index contributed by atoms with van der Waals surface area (Å²) in [6.07, 6.45) is 4.33. The number of carbonyl (C=O) groups excluding carboxylic acids is 1. The minimum absolute atomic E-state index is 0.0275. The molecule has 1 aromatic heterocycles. The van der Waals surface area contributed by atoms with Gasteiger partial charge in [-0.1, -0.05) is 11.6 Å². The fourth-order valence-corrected chi connectivity index (χ4v) is 4.13. The van der Waals surface area contributed by atoms with Gasteiger partial charge in [-0.05, 0) is 50.5 Å². The van der Waals surface area contributed by atoms with Crippen molar-refractivity contribution in [1.29, 1.82) is 0 Å². The Morgan fingerprint density at radius 2 is 2.03 bits per heavy atom. The van der Waals surface area contributed by atoms with Crippen molar-refractivity contribution in [3.63, 3.8) is 0 Å². The van der Waals surface area contributed by atoms with Gasteiger partial charge in [0.2, 0.25) is 0 Å². The average molecular weight is 421 g/mol. The number of pyridine rings is 1. The number of nitrogens with one attached hydrogen (secondary N) is 1. The summed E-state index contributed by atoms with van der Waals surface area (Å²) in [4.78, 5) is 20.5. The highest BCUT2D eigenvalue weighted by atomic mass is 35.5. The van der Waals surface area contributed by atoms with Crippen LogP contribution in [-0.4, -0.2) is 22.5 Å². The van der Waals surface area contributed by atoms with Crippen molar-refractivity contribution in [2.24, 2.45) is 10.7 Å². The predicted octanol–water partition coefficient (Wildman–Crippen LogP) is 4.14. The van der Waals surface area contributed by atoms with Gasteiger partial charge in [0.15, 0.2) is 11.5 Å². The predicted molar refractivity (Wildman–Crippen MR) is 105 cm³/mol. The van der Waals surface area contributed by atoms with E-state index in [9.17, 15) is 13.6 Å². The fraction of sp³-hybridized carbons (Fsp3) is 0.350. The van der Waals surface area contributed by atoms with Crippen molar-refractivity contribution in [2.75, 3.05) is 5.32 Å². The summed E-state index contributed by atoms with van der Waals surface area (Å²) in [6.45, 7) is 1.78. The number of rotatable bonds is 3. The van der Waals surface area contributed by atoms with Crippen LogP contribution in [0.25, 0.3) is 0 Å². The lowest BCUT2D eigenvalue weighted by atomic mass is 9.69. The first-order valence-electron chi connectivity index (χ1n) is 9.17. The van der Waals surface area contributed by atoms with Crippen LogP contribution in [0, 0.1) is 11.6 Å². The molecule has 1 aliphatic heterocycles. The SMILES string of the molecule is CC1(c2cc(NC(=O)c3ncc(Cl)cc3F)ccc2F)CC2(CCC2)OC(N)=N1. The maximum atomic E-state index is 14.7. The lowest BCUT2D eigenvalue weighted by Gasteiger charge is -2.48. The Morgan fingerprint density at radius 3 is 2.69 bits per heavy atom. The summed E-state index contributed by atoms with van der Waals surface area (Å²) in [5, 5.41) is 2.62. The van der Waals surface area contributed by atoms with Crippen molar-refractivity contribution < 1.29 is 18.3 Å². The zero-order valence-corrected chi connectivity index (χ0v) is 16.4. The Hall–Kier alpha value is -2.74. The molecule has 3 N–H and O–H groups in total. The van der Waals surface area contributed by atoms with Gasteiger partial charge in [-0.15, -0.1) is 0 Å². The number of halogens is 3. The molecule has 4 rings (SSSR count). The number of aromatic nitrogens is 1. The highest BCUT2D eigenvalue weighted by Gasteiger charge is 2.50. The van der Waals surface area contributed by atoms with Gasteiger partial charge >= 0.3 is 0 Å². The molecule has 1 spiro atoms. The molecule has 0 radical (unpaired) electrons. The van der Waals surface area contributed by atoms with Gasteiger partial charge in [0.1, 0.15) is 11.4 Å². The van der Waals surface area contributed by atoms with E-state index >= 15 is 0 Å². The van der Waals surface area contributed by atoms with Crippen molar-refractivity contribution in [3.8, 4) is 0 Å². The van der Waals surface area contributed by atoms with Crippen LogP contribution in [0.3, 0.4) is 0 Å².